The highest BCUT2D eigenvalue weighted by Gasteiger charge is 2.43. The molecule has 0 bridgehead atoms. The van der Waals surface area contributed by atoms with Crippen molar-refractivity contribution in [3.05, 3.63) is 72.1 Å². The van der Waals surface area contributed by atoms with Crippen molar-refractivity contribution >= 4 is 179 Å². The molecule has 4 heterocycles. The van der Waals surface area contributed by atoms with Gasteiger partial charge < -0.3 is 122 Å². The summed E-state index contributed by atoms with van der Waals surface area (Å²) in [5.74, 6) is -20.3. The number of carbonyl (C=O) groups is 18. The van der Waals surface area contributed by atoms with E-state index in [0.717, 1.165) is 15.8 Å². The van der Waals surface area contributed by atoms with E-state index in [-0.39, 0.29) is 76.1 Å². The topological polar surface area (TPSA) is 654 Å². The number of carbonyl (C=O) groups excluding carboxylic acids is 16. The molecule has 2 aromatic carbocycles. The van der Waals surface area contributed by atoms with Gasteiger partial charge in [0.15, 0.2) is 0 Å². The van der Waals surface area contributed by atoms with Gasteiger partial charge in [-0.2, -0.15) is 50.5 Å². The number of likely N-dealkylation sites (tertiary alicyclic amines) is 2. The highest BCUT2D eigenvalue weighted by Crippen LogP contribution is 2.24. The average Bonchev–Trinajstić information content (AvgIpc) is 1.68. The summed E-state index contributed by atoms with van der Waals surface area (Å²) in [6.45, 7) is -2.61. The first kappa shape index (κ1) is 92.1. The molecular formula is C69H96N20O21S4. The number of fused-ring (bicyclic) bond motifs is 2. The van der Waals surface area contributed by atoms with Gasteiger partial charge in [0.05, 0.1) is 45.0 Å². The number of carboxylic acids is 2. The Hall–Kier alpha value is -10.7. The summed E-state index contributed by atoms with van der Waals surface area (Å²) >= 11 is 16.7. The summed E-state index contributed by atoms with van der Waals surface area (Å²) in [4.78, 5) is 248. The molecule has 2 aliphatic heterocycles. The fourth-order valence-corrected chi connectivity index (χ4v) is 13.5. The Labute approximate surface area is 673 Å². The number of benzene rings is 2. The van der Waals surface area contributed by atoms with E-state index in [1.807, 2.05) is 18.2 Å². The number of hydrogen-bond donors (Lipinski definition) is 25. The number of aliphatic hydroxyl groups excluding tert-OH is 1. The Kier molecular flexibility index (Phi) is 36.6. The van der Waals surface area contributed by atoms with Crippen LogP contribution >= 0.6 is 50.5 Å². The largest absolute Gasteiger partial charge is 0.481 e. The van der Waals surface area contributed by atoms with Crippen LogP contribution in [0, 0.1) is 0 Å². The zero-order valence-electron chi connectivity index (χ0n) is 61.5. The molecule has 114 heavy (non-hydrogen) atoms. The van der Waals surface area contributed by atoms with E-state index in [9.17, 15) is 102 Å². The number of nitrogens with one attached hydrogen (secondary N) is 14. The lowest BCUT2D eigenvalue weighted by Crippen LogP contribution is -2.61. The first-order valence-corrected chi connectivity index (χ1v) is 38.6. The van der Waals surface area contributed by atoms with E-state index in [1.165, 1.54) is 11.1 Å². The zero-order valence-corrected chi connectivity index (χ0v) is 65.1. The molecule has 0 saturated carbocycles. The minimum Gasteiger partial charge on any atom is -0.481 e. The summed E-state index contributed by atoms with van der Waals surface area (Å²) in [5, 5.41) is 59.3. The van der Waals surface area contributed by atoms with Crippen LogP contribution in [0.2, 0.25) is 0 Å². The van der Waals surface area contributed by atoms with Crippen LogP contribution in [0.25, 0.3) is 21.8 Å². The number of para-hydroxylation sites is 2. The maximum Gasteiger partial charge on any atom is 0.326 e. The highest BCUT2D eigenvalue weighted by molar-refractivity contribution is 7.80. The second-order valence-electron chi connectivity index (χ2n) is 26.8. The molecular weight excluding hydrogens is 1570 g/mol. The summed E-state index contributed by atoms with van der Waals surface area (Å²) < 4.78 is 0. The number of hydrogen-bond acceptors (Lipinski definition) is 25. The molecule has 0 radical (unpaired) electrons. The lowest BCUT2D eigenvalue weighted by Gasteiger charge is -2.30. The van der Waals surface area contributed by atoms with Gasteiger partial charge in [-0.15, -0.1) is 0 Å². The lowest BCUT2D eigenvalue weighted by molar-refractivity contribution is -0.144. The molecule has 4 aromatic rings. The van der Waals surface area contributed by atoms with Crippen LogP contribution in [-0.2, 0) is 99.1 Å². The first-order valence-electron chi connectivity index (χ1n) is 36.1. The second kappa shape index (κ2) is 45.2. The first-order chi connectivity index (χ1) is 54.3. The van der Waals surface area contributed by atoms with Crippen LogP contribution < -0.4 is 86.7 Å². The number of aromatic amines is 2. The number of thiol groups is 4. The van der Waals surface area contributed by atoms with Gasteiger partial charge in [-0.3, -0.25) is 81.5 Å². The fourth-order valence-electron chi connectivity index (χ4n) is 12.5. The third kappa shape index (κ3) is 27.0. The molecule has 622 valence electrons. The van der Waals surface area contributed by atoms with Gasteiger partial charge in [0, 0.05) is 83.1 Å². The van der Waals surface area contributed by atoms with Crippen molar-refractivity contribution in [2.75, 3.05) is 62.3 Å². The highest BCUT2D eigenvalue weighted by atomic mass is 32.1. The number of primary amides is 2. The van der Waals surface area contributed by atoms with Gasteiger partial charge in [0.2, 0.25) is 94.5 Å². The monoisotopic (exact) mass is 1670 g/mol. The van der Waals surface area contributed by atoms with Crippen molar-refractivity contribution < 1.29 is 102 Å². The molecule has 2 aromatic heterocycles. The minimum absolute atomic E-state index is 0.0381. The average molecular weight is 1670 g/mol. The maximum atomic E-state index is 14.3. The molecule has 13 atom stereocenters. The van der Waals surface area contributed by atoms with Gasteiger partial charge >= 0.3 is 11.9 Å². The quantitative estimate of drug-likeness (QED) is 0.0144. The zero-order chi connectivity index (χ0) is 84.0. The standard InChI is InChI=1S/C69H96N20O21S4/c70-16-6-5-13-40(78-54(93)26-76-58(98)46(29-111)85-64(104)48(31-113)86-62(102)45(28-90)84-61(101)42(22-52(72)91)81-60(100)41(80-57(97)37(71)21-56(95)96)19-33-24-74-38-11-3-1-9-35(33)38)59(99)82-43(23-53(73)92)67(107)88-17-7-14-50(88)65(105)77-27-55(94)79-47(30-112)63(103)87-49(32-114)68(108)89-18-8-15-51(89)66(106)83-44(69(109)110)20-34-25-75-39-12-4-2-10-36(34)39/h1-4,9-12,24-25,37,40-51,74-75,90,111-114H,5-8,13-23,26-32,70-71H2,(H2,72,91)(H2,73,92)(H,76,98)(H,77,105)(H,78,93)(H,79,94)(H,80,97)(H,81,100)(H,82,99)(H,83,106)(H,84,101)(H,85,104)(H,86,102)(H,87,103)(H,95,96)(H,109,110)/t37-,40-,41-,42-,43-,44-,45-,46-,47-,48-,49-,50-,51-/m0/s1. The summed E-state index contributed by atoms with van der Waals surface area (Å²) in [7, 11) is 0. The molecule has 2 saturated heterocycles. The van der Waals surface area contributed by atoms with Crippen molar-refractivity contribution in [3.8, 4) is 0 Å². The Balaban J connectivity index is 0.992. The van der Waals surface area contributed by atoms with E-state index in [2.05, 4.69) is 124 Å². The van der Waals surface area contributed by atoms with Crippen LogP contribution in [0.15, 0.2) is 60.9 Å². The molecule has 2 aliphatic rings. The number of amides is 16. The number of carboxylic acid groups (broad SMARTS) is 2. The van der Waals surface area contributed by atoms with Gasteiger partial charge in [-0.05, 0) is 74.8 Å². The number of aromatic nitrogens is 2. The normalized spacial score (nSPS) is 16.7. The smallest absolute Gasteiger partial charge is 0.326 e. The predicted molar refractivity (Wildman–Crippen MR) is 420 cm³/mol. The number of unbranched alkanes of at least 4 members (excludes halogenated alkanes) is 1. The third-order valence-corrected chi connectivity index (χ3v) is 19.9. The van der Waals surface area contributed by atoms with E-state index in [0.29, 0.717) is 34.9 Å². The summed E-state index contributed by atoms with van der Waals surface area (Å²) in [6.07, 6.45) is 1.58. The van der Waals surface area contributed by atoms with Crippen LogP contribution in [0.5, 0.6) is 0 Å². The molecule has 6 rings (SSSR count). The van der Waals surface area contributed by atoms with Crippen molar-refractivity contribution in [2.24, 2.45) is 22.9 Å². The SMILES string of the molecule is NCCCC[C@H](NC(=O)CNC(=O)[C@H](CS)NC(=O)[C@H](CS)NC(=O)[C@H](CO)NC(=O)[C@H](CC(N)=O)NC(=O)[C@H](Cc1c[nH]c2ccccc12)NC(=O)[C@@H](N)CC(=O)O)C(=O)N[C@@H](CC(N)=O)C(=O)N1CCC[C@H]1C(=O)NCC(=O)N[C@@H](CS)C(=O)N[C@@H](CS)C(=O)N1CCC[C@H]1C(=O)N[C@@H](Cc1c[nH]c2ccccc12)C(=O)O. The van der Waals surface area contributed by atoms with Crippen LogP contribution in [0.4, 0.5) is 0 Å². The molecule has 0 spiro atoms. The number of nitrogens with zero attached hydrogens (tertiary/aromatic N) is 2. The molecule has 0 aliphatic carbocycles. The molecule has 25 N–H and O–H groups in total. The van der Waals surface area contributed by atoms with Gasteiger partial charge in [-0.25, -0.2) is 4.79 Å². The predicted octanol–water partition coefficient (Wildman–Crippen LogP) is -8.03. The molecule has 0 unspecified atom stereocenters. The number of aliphatic carboxylic acids is 2. The van der Waals surface area contributed by atoms with Crippen molar-refractivity contribution in [3.63, 3.8) is 0 Å². The summed E-state index contributed by atoms with van der Waals surface area (Å²) in [5.41, 5.74) is 25.0. The van der Waals surface area contributed by atoms with Gasteiger partial charge in [0.1, 0.15) is 72.5 Å². The maximum absolute atomic E-state index is 14.3. The van der Waals surface area contributed by atoms with Crippen LogP contribution in [0.1, 0.15) is 75.3 Å². The molecule has 41 nitrogen and oxygen atoms in total. The fraction of sp³-hybridized carbons (Fsp3) is 0.507. The van der Waals surface area contributed by atoms with Crippen LogP contribution in [-0.4, -0.2) is 282 Å². The Morgan fingerprint density at radius 2 is 0.868 bits per heavy atom. The van der Waals surface area contributed by atoms with Gasteiger partial charge in [-0.1, -0.05) is 36.4 Å². The second-order valence-corrected chi connectivity index (χ2v) is 28.2. The number of rotatable bonds is 46. The molecule has 16 amide bonds. The Bertz CT molecular complexity index is 4190. The van der Waals surface area contributed by atoms with Crippen LogP contribution in [0.3, 0.4) is 0 Å². The van der Waals surface area contributed by atoms with Crippen molar-refractivity contribution in [1.29, 1.82) is 0 Å². The van der Waals surface area contributed by atoms with E-state index < -0.39 is 235 Å². The van der Waals surface area contributed by atoms with E-state index in [4.69, 9.17) is 22.9 Å². The summed E-state index contributed by atoms with van der Waals surface area (Å²) in [6, 6.07) is -5.76. The van der Waals surface area contributed by atoms with E-state index >= 15 is 0 Å². The number of aliphatic hydroxyl groups is 1. The van der Waals surface area contributed by atoms with E-state index in [1.54, 1.807) is 36.5 Å². The third-order valence-electron chi connectivity index (χ3n) is 18.4. The minimum atomic E-state index is -1.91. The van der Waals surface area contributed by atoms with Crippen molar-refractivity contribution in [2.45, 2.75) is 156 Å². The molecule has 45 heteroatoms. The van der Waals surface area contributed by atoms with Crippen molar-refractivity contribution in [1.82, 2.24) is 83.6 Å². The number of H-pyrrole nitrogens is 2. The Morgan fingerprint density at radius 3 is 1.39 bits per heavy atom. The lowest BCUT2D eigenvalue weighted by atomic mass is 10.0. The Morgan fingerprint density at radius 1 is 0.456 bits per heavy atom. The van der Waals surface area contributed by atoms with Gasteiger partial charge in [0.25, 0.3) is 0 Å². The molecule has 2 fully saturated rings. The number of nitrogens with two attached hydrogens (primary N) is 4.